The van der Waals surface area contributed by atoms with E-state index in [1.54, 1.807) is 7.05 Å². The summed E-state index contributed by atoms with van der Waals surface area (Å²) in [4.78, 5) is 58.6. The Balaban J connectivity index is 0.000000168. The molecular weight excluding hydrogens is 1710 g/mol. The summed E-state index contributed by atoms with van der Waals surface area (Å²) in [6.07, 6.45) is 20.2. The fourth-order valence-electron chi connectivity index (χ4n) is 22.4. The minimum atomic E-state index is -5.19. The Morgan fingerprint density at radius 1 is 0.481 bits per heavy atom. The number of carbonyl (C=O) groups is 5. The van der Waals surface area contributed by atoms with Crippen molar-refractivity contribution in [2.24, 2.45) is 86.9 Å². The highest BCUT2D eigenvalue weighted by Gasteiger charge is 2.72. The number of Topliss-reactive ketones (excluding diaryl/α,β-unsaturated/α-hetero) is 3. The molecule has 3 heterocycles. The highest BCUT2D eigenvalue weighted by molar-refractivity contribution is 7.89. The van der Waals surface area contributed by atoms with Crippen molar-refractivity contribution in [1.29, 1.82) is 0 Å². The van der Waals surface area contributed by atoms with E-state index in [2.05, 4.69) is 77.1 Å². The lowest BCUT2D eigenvalue weighted by molar-refractivity contribution is -0.344. The van der Waals surface area contributed by atoms with E-state index >= 15 is 0 Å². The summed E-state index contributed by atoms with van der Waals surface area (Å²) in [6.45, 7) is 21.0. The number of carbonyl (C=O) groups excluding carboxylic acids is 4. The molecule has 714 valence electrons. The summed E-state index contributed by atoms with van der Waals surface area (Å²) < 4.78 is 123. The Morgan fingerprint density at radius 3 is 1.08 bits per heavy atom. The molecule has 3 aliphatic heterocycles. The van der Waals surface area contributed by atoms with Crippen molar-refractivity contribution in [2.45, 2.75) is 319 Å². The summed E-state index contributed by atoms with van der Waals surface area (Å²) in [7, 11) is -7.81. The molecule has 6 bridgehead atoms. The van der Waals surface area contributed by atoms with Gasteiger partial charge in [-0.15, -0.1) is 0 Å². The number of ketones is 3. The van der Waals surface area contributed by atoms with Gasteiger partial charge in [-0.2, -0.15) is 13.2 Å². The fourth-order valence-corrected chi connectivity index (χ4v) is 23.8. The van der Waals surface area contributed by atoms with Crippen LogP contribution in [-0.4, -0.2) is 181 Å². The van der Waals surface area contributed by atoms with Crippen molar-refractivity contribution < 1.29 is 115 Å². The summed E-state index contributed by atoms with van der Waals surface area (Å²) in [5.74, 6) is 2.02. The topological polar surface area (TPSA) is 381 Å². The molecule has 0 amide bonds. The average molecular weight is 1860 g/mol. The van der Waals surface area contributed by atoms with Crippen molar-refractivity contribution in [2.75, 3.05) is 19.6 Å². The monoisotopic (exact) mass is 1860 g/mol. The standard InChI is InChI=1S/C26H38BNO5S.C25H36BNO3.C16H24BNO5S.C15H26BNO2.C10H13NO2.C2HF3O2.CH4.ClH/c1-25(2)19-14-23(25)26(3)24(15-19)32-27(33-26)20(12-18-10-11-18)16-22(29)21(28-34(4,30)31)13-17-8-6-5-7-9-17;1-24(2)18-13-22(24)25(3)23(14-18)29-26(30-25)19(11-17-9-10-17)15-21(28)20(27)12-16-7-5-4-6-8-16;1-24(22,23)18-15(10-12-5-3-2-4-6-12)16(19)11-14(17(20)21)9-13-7-8-13;1-14(2)10-7-11(14)15(3)12(8-10)18-16(19-15)13(17)6-9-4-5-9;1-11-9(10(12)13)7-8-5-3-2-4-6-8;3-2(4,5)1(6)7;;/h5-9,18-21,23-24,28H,10-16H2,1-4H3;4-8,17-20,22-23H,9-15,27H2,1-3H3;2-6,13-15,18,20-21H,7-11H2,1H3;9-13H,4-8,17H2,1-3H3;2-6,9,11H,7H2,1H3,(H,12,13);(H,6,7);1H4;1H/p-2/t19-,20+,21?,23-,24+,26-;18-,19+,20?,22-,23+,25-;14-,15?;10-,11-,12+,13-,15-;;;;/m0010..../s1. The summed E-state index contributed by atoms with van der Waals surface area (Å²) >= 11 is 0. The zero-order valence-corrected chi connectivity index (χ0v) is 78.9. The van der Waals surface area contributed by atoms with Gasteiger partial charge in [0, 0.05) is 42.7 Å². The van der Waals surface area contributed by atoms with Crippen LogP contribution in [0.1, 0.15) is 227 Å². The molecule has 0 spiro atoms. The Morgan fingerprint density at radius 2 is 0.775 bits per heavy atom. The summed E-state index contributed by atoms with van der Waals surface area (Å²) in [6, 6.07) is 35.7. The largest absolute Gasteiger partial charge is 1.00 e. The summed E-state index contributed by atoms with van der Waals surface area (Å²) in [5, 5.41) is 39.3. The third-order valence-corrected chi connectivity index (χ3v) is 32.5. The highest BCUT2D eigenvalue weighted by Crippen LogP contribution is 2.69. The van der Waals surface area contributed by atoms with Gasteiger partial charge < -0.3 is 82.2 Å². The second-order valence-corrected chi connectivity index (χ2v) is 45.4. The predicted molar refractivity (Wildman–Crippen MR) is 488 cm³/mol. The van der Waals surface area contributed by atoms with E-state index in [1.165, 1.54) is 57.8 Å². The maximum atomic E-state index is 13.5. The first-order chi connectivity index (χ1) is 59.6. The SMILES string of the molecule is C.CC1(C)[C@@H]2C[C@H]3OB([C@@H](CC(=O)C(Cc4ccccc4)NS(C)(=O)=O)CC4CC4)O[C@@]3(C)[C@H]1C2.CC1(C)[C@@H]2C[C@H]3OB([C@@H](CC(=O)C(N)Cc4ccccc4)CC4CC4)O[C@@]3(C)[C@H]1C2.CC1(C)[C@@H]2C[C@H]3OB([C@@H](N)CC4CC4)O[C@@]3(C)[C@H]1C2.CNC(Cc1ccccc1)C(=O)O.CS(=O)(=O)NC(Cc1ccccc1)C(=O)C[C@@H](CC1CC1)B(O)O.O=C([O-])C(F)(F)F.[Cl-]. The van der Waals surface area contributed by atoms with Crippen LogP contribution in [0.5, 0.6) is 0 Å². The molecule has 16 fully saturated rings. The zero-order chi connectivity index (χ0) is 92.3. The van der Waals surface area contributed by atoms with Crippen LogP contribution < -0.4 is 43.7 Å². The number of carboxylic acids is 2. The molecule has 34 heteroatoms. The number of rotatable bonds is 35. The van der Waals surface area contributed by atoms with Gasteiger partial charge in [-0.1, -0.05) is 222 Å². The molecule has 129 heavy (non-hydrogen) atoms. The van der Waals surface area contributed by atoms with Gasteiger partial charge in [0.15, 0.2) is 11.6 Å². The van der Waals surface area contributed by atoms with Gasteiger partial charge in [-0.25, -0.2) is 26.3 Å². The Kier molecular flexibility index (Phi) is 35.4. The van der Waals surface area contributed by atoms with Crippen molar-refractivity contribution >= 4 is 77.8 Å². The number of halogens is 4. The third kappa shape index (κ3) is 27.3. The van der Waals surface area contributed by atoms with Gasteiger partial charge in [0.2, 0.25) is 20.0 Å². The van der Waals surface area contributed by atoms with Crippen LogP contribution in [0.15, 0.2) is 121 Å². The van der Waals surface area contributed by atoms with Gasteiger partial charge in [-0.05, 0) is 215 Å². The zero-order valence-electron chi connectivity index (χ0n) is 76.5. The maximum Gasteiger partial charge on any atom is 0.475 e. The number of carboxylic acid groups (broad SMARTS) is 2. The molecule has 13 aliphatic carbocycles. The van der Waals surface area contributed by atoms with Crippen molar-refractivity contribution in [1.82, 2.24) is 14.8 Å². The van der Waals surface area contributed by atoms with Crippen molar-refractivity contribution in [3.8, 4) is 0 Å². The second-order valence-electron chi connectivity index (χ2n) is 41.8. The van der Waals surface area contributed by atoms with E-state index in [1.807, 2.05) is 121 Å². The van der Waals surface area contributed by atoms with Crippen LogP contribution in [0.3, 0.4) is 0 Å². The molecule has 24 nitrogen and oxygen atoms in total. The van der Waals surface area contributed by atoms with Gasteiger partial charge in [0.05, 0.1) is 65.8 Å². The molecule has 0 aromatic heterocycles. The van der Waals surface area contributed by atoms with Crippen LogP contribution in [0, 0.1) is 75.4 Å². The number of benzene rings is 4. The smallest absolute Gasteiger partial charge is 0.475 e. The van der Waals surface area contributed by atoms with Crippen molar-refractivity contribution in [3.63, 3.8) is 0 Å². The second kappa shape index (κ2) is 43.3. The number of sulfonamides is 2. The third-order valence-electron chi connectivity index (χ3n) is 31.1. The number of nitrogens with two attached hydrogens (primary N) is 2. The molecule has 4 aromatic rings. The lowest BCUT2D eigenvalue weighted by atomic mass is 9.43. The maximum absolute atomic E-state index is 13.5. The number of aliphatic carboxylic acids is 2. The number of hydrogen-bond donors (Lipinski definition) is 8. The lowest BCUT2D eigenvalue weighted by Gasteiger charge is -2.64. The van der Waals surface area contributed by atoms with Gasteiger partial charge >= 0.3 is 40.6 Å². The number of alkyl halides is 3. The number of likely N-dealkylation sites (N-methyl/N-ethyl adjacent to an activating group) is 1. The molecule has 20 rings (SSSR count). The minimum absolute atomic E-state index is 0. The van der Waals surface area contributed by atoms with Gasteiger partial charge in [-0.3, -0.25) is 19.2 Å². The molecule has 13 saturated carbocycles. The van der Waals surface area contributed by atoms with Crippen LogP contribution in [-0.2, 0) is 97.6 Å². The molecule has 20 atom stereocenters. The molecular formula is C95H141B4ClF3N5O19S2-2. The van der Waals surface area contributed by atoms with E-state index in [-0.39, 0.29) is 129 Å². The minimum Gasteiger partial charge on any atom is -1.00 e. The normalized spacial score (nSPS) is 29.5. The first-order valence-electron chi connectivity index (χ1n) is 46.3. The summed E-state index contributed by atoms with van der Waals surface area (Å²) in [5.41, 5.74) is 17.0. The van der Waals surface area contributed by atoms with Gasteiger partial charge in [0.25, 0.3) is 0 Å². The predicted octanol–water partition coefficient (Wildman–Crippen LogP) is 9.39. The molecule has 4 aromatic carbocycles. The molecule has 3 saturated heterocycles. The first-order valence-corrected chi connectivity index (χ1v) is 50.1. The van der Waals surface area contributed by atoms with E-state index in [9.17, 15) is 59.2 Å². The Labute approximate surface area is 771 Å². The van der Waals surface area contributed by atoms with E-state index in [4.69, 9.17) is 54.4 Å². The Bertz CT molecular complexity index is 4610. The van der Waals surface area contributed by atoms with Crippen LogP contribution >= 0.6 is 0 Å². The lowest BCUT2D eigenvalue weighted by Crippen LogP contribution is -3.00. The first kappa shape index (κ1) is 106. The van der Waals surface area contributed by atoms with E-state index in [0.717, 1.165) is 110 Å². The molecule has 4 unspecified atom stereocenters. The highest BCUT2D eigenvalue weighted by atomic mass is 35.5. The van der Waals surface area contributed by atoms with Crippen LogP contribution in [0.2, 0.25) is 17.5 Å². The van der Waals surface area contributed by atoms with Crippen LogP contribution in [0.25, 0.3) is 0 Å². The molecule has 16 aliphatic rings. The Hall–Kier alpha value is -5.45. The van der Waals surface area contributed by atoms with E-state index < -0.39 is 82.4 Å². The fraction of sp³-hybridized carbons (Fsp3) is 0.695. The van der Waals surface area contributed by atoms with Gasteiger partial charge in [0.1, 0.15) is 17.8 Å². The number of nitrogens with one attached hydrogen (secondary N) is 3. The van der Waals surface area contributed by atoms with E-state index in [0.29, 0.717) is 78.4 Å². The molecule has 10 N–H and O–H groups in total. The average Bonchev–Trinajstić information content (AvgIpc) is 1.68. The van der Waals surface area contributed by atoms with Crippen molar-refractivity contribution in [3.05, 3.63) is 144 Å². The molecule has 0 radical (unpaired) electrons. The van der Waals surface area contributed by atoms with Crippen LogP contribution in [0.4, 0.5) is 13.2 Å². The number of hydrogen-bond acceptors (Lipinski definition) is 21. The quantitative estimate of drug-likeness (QED) is 0.0199.